The number of aryl methyl sites for hydroxylation is 1. The lowest BCUT2D eigenvalue weighted by Crippen LogP contribution is -2.38. The maximum absolute atomic E-state index is 12.5. The van der Waals surface area contributed by atoms with E-state index < -0.39 is 0 Å². The second-order valence-corrected chi connectivity index (χ2v) is 5.45. The molecule has 0 spiro atoms. The Balaban J connectivity index is 2.15. The summed E-state index contributed by atoms with van der Waals surface area (Å²) in [6.07, 6.45) is 0. The number of carbonyl (C=O) groups is 2. The topological polar surface area (TPSA) is 49.4 Å². The maximum Gasteiger partial charge on any atom is 0.237 e. The molecule has 2 amide bonds. The van der Waals surface area contributed by atoms with Crippen LogP contribution in [0.15, 0.2) is 18.2 Å². The van der Waals surface area contributed by atoms with E-state index in [1.165, 1.54) is 4.90 Å². The molecule has 4 heteroatoms. The summed E-state index contributed by atoms with van der Waals surface area (Å²) >= 11 is 0. The van der Waals surface area contributed by atoms with Gasteiger partial charge in [-0.15, -0.1) is 0 Å². The summed E-state index contributed by atoms with van der Waals surface area (Å²) in [4.78, 5) is 26.2. The van der Waals surface area contributed by atoms with Gasteiger partial charge in [0, 0.05) is 18.3 Å². The van der Waals surface area contributed by atoms with Crippen molar-refractivity contribution >= 4 is 17.5 Å². The number of nitrogens with one attached hydrogen (secondary N) is 1. The molecule has 3 atom stereocenters. The van der Waals surface area contributed by atoms with Crippen molar-refractivity contribution in [3.8, 4) is 0 Å². The van der Waals surface area contributed by atoms with E-state index in [0.717, 1.165) is 16.8 Å². The predicted molar refractivity (Wildman–Crippen MR) is 72.9 cm³/mol. The first kappa shape index (κ1) is 12.2. The van der Waals surface area contributed by atoms with E-state index in [4.69, 9.17) is 0 Å². The number of hydrogen-bond donors (Lipinski definition) is 1. The molecule has 4 nitrogen and oxygen atoms in total. The first-order valence-corrected chi connectivity index (χ1v) is 6.77. The van der Waals surface area contributed by atoms with E-state index in [-0.39, 0.29) is 29.7 Å². The van der Waals surface area contributed by atoms with Crippen molar-refractivity contribution < 1.29 is 9.59 Å². The normalized spacial score (nSPS) is 29.0. The zero-order chi connectivity index (χ0) is 13.7. The van der Waals surface area contributed by atoms with E-state index in [2.05, 4.69) is 5.32 Å². The summed E-state index contributed by atoms with van der Waals surface area (Å²) in [6, 6.07) is 6.05. The molecule has 1 fully saturated rings. The Morgan fingerprint density at radius 1 is 1.26 bits per heavy atom. The zero-order valence-corrected chi connectivity index (χ0v) is 11.4. The SMILES string of the molecule is CCN1C(=O)[C@@H]2C(C)Nc3ccc(C)cc3[C@@H]2C1=O. The molecule has 0 radical (unpaired) electrons. The fourth-order valence-corrected chi connectivity index (χ4v) is 3.30. The van der Waals surface area contributed by atoms with Gasteiger partial charge in [0.15, 0.2) is 0 Å². The summed E-state index contributed by atoms with van der Waals surface area (Å²) in [5.74, 6) is -0.650. The molecule has 0 bridgehead atoms. The summed E-state index contributed by atoms with van der Waals surface area (Å²) in [5, 5.41) is 3.35. The third-order valence-electron chi connectivity index (χ3n) is 4.22. The Morgan fingerprint density at radius 2 is 2.00 bits per heavy atom. The third-order valence-corrected chi connectivity index (χ3v) is 4.22. The number of benzene rings is 1. The minimum absolute atomic E-state index is 0.00629. The van der Waals surface area contributed by atoms with Crippen molar-refractivity contribution in [1.29, 1.82) is 0 Å². The molecule has 2 aliphatic heterocycles. The summed E-state index contributed by atoms with van der Waals surface area (Å²) < 4.78 is 0. The minimum atomic E-state index is -0.307. The molecule has 2 heterocycles. The van der Waals surface area contributed by atoms with Crippen LogP contribution in [-0.2, 0) is 9.59 Å². The smallest absolute Gasteiger partial charge is 0.237 e. The standard InChI is InChI=1S/C15H18N2O2/c1-4-17-14(18)12-9(3)16-11-6-5-8(2)7-10(11)13(12)15(17)19/h5-7,9,12-13,16H,4H2,1-3H3/t9?,12-,13+/m1/s1. The number of anilines is 1. The number of nitrogens with zero attached hydrogens (tertiary/aromatic N) is 1. The first-order chi connectivity index (χ1) is 9.04. The number of imide groups is 1. The van der Waals surface area contributed by atoms with Crippen molar-refractivity contribution in [1.82, 2.24) is 4.90 Å². The van der Waals surface area contributed by atoms with Gasteiger partial charge in [0.25, 0.3) is 0 Å². The average Bonchev–Trinajstić information content (AvgIpc) is 2.63. The van der Waals surface area contributed by atoms with E-state index >= 15 is 0 Å². The van der Waals surface area contributed by atoms with Crippen LogP contribution in [0, 0.1) is 12.8 Å². The first-order valence-electron chi connectivity index (χ1n) is 6.77. The molecular weight excluding hydrogens is 240 g/mol. The lowest BCUT2D eigenvalue weighted by atomic mass is 9.79. The highest BCUT2D eigenvalue weighted by Gasteiger charge is 2.52. The van der Waals surface area contributed by atoms with Gasteiger partial charge in [0.1, 0.15) is 0 Å². The molecule has 1 aromatic rings. The van der Waals surface area contributed by atoms with Gasteiger partial charge in [0.2, 0.25) is 11.8 Å². The number of amides is 2. The van der Waals surface area contributed by atoms with Crippen molar-refractivity contribution in [2.75, 3.05) is 11.9 Å². The Kier molecular flexibility index (Phi) is 2.62. The van der Waals surface area contributed by atoms with Crippen molar-refractivity contribution in [3.05, 3.63) is 29.3 Å². The monoisotopic (exact) mass is 258 g/mol. The summed E-state index contributed by atoms with van der Waals surface area (Å²) in [5.41, 5.74) is 3.07. The van der Waals surface area contributed by atoms with Crippen LogP contribution in [0.2, 0.25) is 0 Å². The predicted octanol–water partition coefficient (Wildman–Crippen LogP) is 1.90. The quantitative estimate of drug-likeness (QED) is 0.783. The van der Waals surface area contributed by atoms with Gasteiger partial charge >= 0.3 is 0 Å². The van der Waals surface area contributed by atoms with Crippen LogP contribution in [0.25, 0.3) is 0 Å². The molecule has 100 valence electrons. The molecule has 3 rings (SSSR count). The van der Waals surface area contributed by atoms with E-state index in [0.29, 0.717) is 6.54 Å². The second kappa shape index (κ2) is 4.08. The lowest BCUT2D eigenvalue weighted by molar-refractivity contribution is -0.139. The van der Waals surface area contributed by atoms with Gasteiger partial charge in [-0.05, 0) is 32.4 Å². The fraction of sp³-hybridized carbons (Fsp3) is 0.467. The number of rotatable bonds is 1. The Labute approximate surface area is 112 Å². The number of carbonyl (C=O) groups excluding carboxylic acids is 2. The molecule has 19 heavy (non-hydrogen) atoms. The minimum Gasteiger partial charge on any atom is -0.382 e. The highest BCUT2D eigenvalue weighted by Crippen LogP contribution is 2.44. The highest BCUT2D eigenvalue weighted by molar-refractivity contribution is 6.09. The van der Waals surface area contributed by atoms with Gasteiger partial charge in [-0.2, -0.15) is 0 Å². The molecule has 1 saturated heterocycles. The lowest BCUT2D eigenvalue weighted by Gasteiger charge is -2.32. The number of likely N-dealkylation sites (tertiary alicyclic amines) is 1. The summed E-state index contributed by atoms with van der Waals surface area (Å²) in [7, 11) is 0. The number of hydrogen-bond acceptors (Lipinski definition) is 3. The van der Waals surface area contributed by atoms with Crippen LogP contribution in [-0.4, -0.2) is 29.3 Å². The molecule has 0 aliphatic carbocycles. The maximum atomic E-state index is 12.5. The van der Waals surface area contributed by atoms with Gasteiger partial charge < -0.3 is 5.32 Å². The largest absolute Gasteiger partial charge is 0.382 e. The van der Waals surface area contributed by atoms with Crippen LogP contribution in [0.5, 0.6) is 0 Å². The second-order valence-electron chi connectivity index (χ2n) is 5.45. The molecular formula is C15H18N2O2. The van der Waals surface area contributed by atoms with Gasteiger partial charge in [0.05, 0.1) is 11.8 Å². The molecule has 1 unspecified atom stereocenters. The van der Waals surface area contributed by atoms with Crippen molar-refractivity contribution in [2.24, 2.45) is 5.92 Å². The van der Waals surface area contributed by atoms with Gasteiger partial charge in [-0.25, -0.2) is 0 Å². The Bertz CT molecular complexity index is 567. The third kappa shape index (κ3) is 1.59. The fourth-order valence-electron chi connectivity index (χ4n) is 3.30. The van der Waals surface area contributed by atoms with Crippen LogP contribution in [0.3, 0.4) is 0 Å². The average molecular weight is 258 g/mol. The Hall–Kier alpha value is -1.84. The van der Waals surface area contributed by atoms with Gasteiger partial charge in [-0.3, -0.25) is 14.5 Å². The zero-order valence-electron chi connectivity index (χ0n) is 11.4. The Morgan fingerprint density at radius 3 is 2.68 bits per heavy atom. The van der Waals surface area contributed by atoms with Crippen LogP contribution in [0.4, 0.5) is 5.69 Å². The van der Waals surface area contributed by atoms with E-state index in [1.807, 2.05) is 39.0 Å². The van der Waals surface area contributed by atoms with E-state index in [1.54, 1.807) is 0 Å². The molecule has 1 N–H and O–H groups in total. The van der Waals surface area contributed by atoms with Crippen molar-refractivity contribution in [2.45, 2.75) is 32.7 Å². The van der Waals surface area contributed by atoms with E-state index in [9.17, 15) is 9.59 Å². The molecule has 1 aromatic carbocycles. The molecule has 0 aromatic heterocycles. The molecule has 2 aliphatic rings. The molecule has 0 saturated carbocycles. The summed E-state index contributed by atoms with van der Waals surface area (Å²) in [6.45, 7) is 6.29. The van der Waals surface area contributed by atoms with Crippen LogP contribution < -0.4 is 5.32 Å². The van der Waals surface area contributed by atoms with Crippen LogP contribution >= 0.6 is 0 Å². The van der Waals surface area contributed by atoms with Crippen molar-refractivity contribution in [3.63, 3.8) is 0 Å². The number of likely N-dealkylation sites (N-methyl/N-ethyl adjacent to an activating group) is 1. The van der Waals surface area contributed by atoms with Gasteiger partial charge in [-0.1, -0.05) is 17.7 Å². The van der Waals surface area contributed by atoms with Crippen LogP contribution in [0.1, 0.15) is 30.9 Å². The highest BCUT2D eigenvalue weighted by atomic mass is 16.2. The number of fused-ring (bicyclic) bond motifs is 3.